The van der Waals surface area contributed by atoms with Crippen molar-refractivity contribution < 1.29 is 151 Å². The molecule has 0 saturated carbocycles. The molecular formula is C25H17Cd2I4N5. The van der Waals surface area contributed by atoms with Gasteiger partial charge in [0.05, 0.1) is 34.0 Å². The fourth-order valence-corrected chi connectivity index (χ4v) is 3.75. The molecule has 36 heavy (non-hydrogen) atoms. The van der Waals surface area contributed by atoms with Crippen LogP contribution in [0.3, 0.4) is 0 Å². The third kappa shape index (κ3) is 8.50. The fourth-order valence-electron chi connectivity index (χ4n) is 3.75. The van der Waals surface area contributed by atoms with Crippen LogP contribution in [0.15, 0.2) is 66.9 Å². The number of nitrogens with one attached hydrogen (secondary N) is 2. The molecule has 0 amide bonds. The second kappa shape index (κ2) is 16.6. The van der Waals surface area contributed by atoms with Crippen LogP contribution in [0.1, 0.15) is 22.8 Å². The van der Waals surface area contributed by atoms with E-state index >= 15 is 0 Å². The first-order chi connectivity index (χ1) is 14.8. The molecule has 6 rings (SSSR count). The van der Waals surface area contributed by atoms with E-state index in [4.69, 9.17) is 9.97 Å². The Bertz CT molecular complexity index is 1520. The van der Waals surface area contributed by atoms with Gasteiger partial charge in [0.2, 0.25) is 0 Å². The maximum atomic E-state index is 4.75. The van der Waals surface area contributed by atoms with Gasteiger partial charge in [-0.3, -0.25) is 4.98 Å². The molecule has 0 aromatic carbocycles. The second-order valence-corrected chi connectivity index (χ2v) is 7.30. The number of hydrogen-bond donors (Lipinski definition) is 2. The normalized spacial score (nSPS) is 10.3. The van der Waals surface area contributed by atoms with Gasteiger partial charge in [0.15, 0.2) is 0 Å². The molecule has 0 radical (unpaired) electrons. The summed E-state index contributed by atoms with van der Waals surface area (Å²) in [6, 6.07) is 20.3. The number of fused-ring (bicyclic) bond motifs is 8. The van der Waals surface area contributed by atoms with Crippen molar-refractivity contribution >= 4 is 46.4 Å². The molecule has 0 aliphatic carbocycles. The Morgan fingerprint density at radius 2 is 1.06 bits per heavy atom. The summed E-state index contributed by atoms with van der Waals surface area (Å²) in [5, 5.41) is 0. The summed E-state index contributed by atoms with van der Waals surface area (Å²) in [4.78, 5) is 20.9. The zero-order valence-corrected chi connectivity index (χ0v) is 35.6. The van der Waals surface area contributed by atoms with E-state index in [1.807, 2.05) is 79.0 Å². The second-order valence-electron chi connectivity index (χ2n) is 7.30. The van der Waals surface area contributed by atoms with Gasteiger partial charge in [-0.2, -0.15) is 0 Å². The topological polar surface area (TPSA) is 70.2 Å². The first kappa shape index (κ1) is 36.5. The van der Waals surface area contributed by atoms with E-state index in [0.717, 1.165) is 56.1 Å². The Morgan fingerprint density at radius 1 is 0.528 bits per heavy atom. The van der Waals surface area contributed by atoms with Crippen LogP contribution >= 0.6 is 0 Å². The largest absolute Gasteiger partial charge is 2.00 e. The van der Waals surface area contributed by atoms with E-state index in [1.165, 1.54) is 0 Å². The van der Waals surface area contributed by atoms with Crippen LogP contribution in [0, 0.1) is 0 Å². The Kier molecular flexibility index (Phi) is 16.8. The van der Waals surface area contributed by atoms with Gasteiger partial charge in [0, 0.05) is 28.3 Å². The summed E-state index contributed by atoms with van der Waals surface area (Å²) in [7, 11) is 0. The molecule has 5 nitrogen and oxygen atoms in total. The van der Waals surface area contributed by atoms with E-state index in [2.05, 4.69) is 27.1 Å². The monoisotopic (exact) mass is 1120 g/mol. The van der Waals surface area contributed by atoms with Crippen LogP contribution < -0.4 is 95.9 Å². The quantitative estimate of drug-likeness (QED) is 0.128. The molecule has 0 unspecified atom stereocenters. The van der Waals surface area contributed by atoms with E-state index < -0.39 is 0 Å². The number of halogens is 4. The van der Waals surface area contributed by atoms with Gasteiger partial charge in [0.25, 0.3) is 0 Å². The van der Waals surface area contributed by atoms with E-state index in [1.54, 1.807) is 0 Å². The molecule has 4 aromatic rings. The third-order valence-electron chi connectivity index (χ3n) is 5.11. The summed E-state index contributed by atoms with van der Waals surface area (Å²) >= 11 is 0. The molecule has 2 N–H and O–H groups in total. The molecule has 0 fully saturated rings. The molecule has 174 valence electrons. The summed E-state index contributed by atoms with van der Waals surface area (Å²) in [6.45, 7) is 0. The minimum atomic E-state index is 0. The Morgan fingerprint density at radius 3 is 1.58 bits per heavy atom. The van der Waals surface area contributed by atoms with Crippen molar-refractivity contribution in [3.05, 3.63) is 89.6 Å². The predicted octanol–water partition coefficient (Wildman–Crippen LogP) is -6.27. The van der Waals surface area contributed by atoms with Crippen LogP contribution in [0.2, 0.25) is 0 Å². The Labute approximate surface area is 317 Å². The smallest absolute Gasteiger partial charge is 1.00 e. The molecule has 0 atom stereocenters. The van der Waals surface area contributed by atoms with Gasteiger partial charge < -0.3 is 106 Å². The fraction of sp³-hybridized carbons (Fsp3) is 0. The van der Waals surface area contributed by atoms with Crippen LogP contribution in [0.4, 0.5) is 0 Å². The number of aromatic amines is 2. The molecule has 8 bridgehead atoms. The first-order valence-electron chi connectivity index (χ1n) is 9.78. The van der Waals surface area contributed by atoms with Gasteiger partial charge in [-0.05, 0) is 78.9 Å². The average molecular weight is 1120 g/mol. The number of hydrogen-bond acceptors (Lipinski definition) is 3. The minimum Gasteiger partial charge on any atom is -1.00 e. The van der Waals surface area contributed by atoms with Crippen molar-refractivity contribution in [2.45, 2.75) is 0 Å². The number of pyridine rings is 1. The molecule has 11 heteroatoms. The molecule has 6 heterocycles. The van der Waals surface area contributed by atoms with Crippen LogP contribution in [0.5, 0.6) is 0 Å². The molecule has 0 saturated heterocycles. The zero-order valence-electron chi connectivity index (χ0n) is 18.9. The van der Waals surface area contributed by atoms with Crippen molar-refractivity contribution in [1.82, 2.24) is 24.9 Å². The Balaban J connectivity index is 0.00000204. The molecule has 4 aromatic heterocycles. The van der Waals surface area contributed by atoms with Gasteiger partial charge in [-0.1, -0.05) is 6.07 Å². The average Bonchev–Trinajstić information content (AvgIpc) is 3.53. The van der Waals surface area contributed by atoms with Crippen molar-refractivity contribution in [2.75, 3.05) is 0 Å². The van der Waals surface area contributed by atoms with Crippen molar-refractivity contribution in [2.24, 2.45) is 0 Å². The van der Waals surface area contributed by atoms with Gasteiger partial charge in [-0.25, -0.2) is 9.97 Å². The summed E-state index contributed by atoms with van der Waals surface area (Å²) < 4.78 is 0. The number of aromatic nitrogens is 5. The van der Waals surface area contributed by atoms with Crippen molar-refractivity contribution in [3.63, 3.8) is 0 Å². The SMILES string of the molecule is C1=Cc2cc3cc(-c4ccccn4)c(cc4nc(cc5ccc(cc1n2)[nH]5)C=C4)[nH]3.[Cd+2].[Cd+2].[I-].[I-].[I-].[I-]. The van der Waals surface area contributed by atoms with E-state index in [9.17, 15) is 0 Å². The van der Waals surface area contributed by atoms with E-state index in [-0.39, 0.29) is 151 Å². The summed E-state index contributed by atoms with van der Waals surface area (Å²) in [5.74, 6) is 0. The molecular weight excluding hydrogens is 1100 g/mol. The van der Waals surface area contributed by atoms with Gasteiger partial charge in [0.1, 0.15) is 0 Å². The summed E-state index contributed by atoms with van der Waals surface area (Å²) in [6.07, 6.45) is 9.90. The van der Waals surface area contributed by atoms with Crippen LogP contribution in [-0.4, -0.2) is 24.9 Å². The van der Waals surface area contributed by atoms with Gasteiger partial charge >= 0.3 is 54.6 Å². The summed E-state index contributed by atoms with van der Waals surface area (Å²) in [5.41, 5.74) is 9.53. The van der Waals surface area contributed by atoms with Crippen molar-refractivity contribution in [1.29, 1.82) is 0 Å². The number of rotatable bonds is 1. The zero-order chi connectivity index (χ0) is 19.9. The van der Waals surface area contributed by atoms with Gasteiger partial charge in [-0.15, -0.1) is 0 Å². The Hall–Kier alpha value is 0.514. The molecule has 2 aliphatic rings. The first-order valence-corrected chi connectivity index (χ1v) is 9.78. The standard InChI is InChI=1S/C25H17N5.2Cd.4HI/c1-2-10-26-24(3-1)23-14-22-13-20-7-6-18(28-20)11-16-4-5-17(27-16)12-19-8-9-21(29-19)15-25(23)30-22;;;;;;/h1-15,27,30H;;;4*1H/q;2*+2;;;;/p-4. The number of nitrogens with zero attached hydrogens (tertiary/aromatic N) is 3. The van der Waals surface area contributed by atoms with E-state index in [0.29, 0.717) is 0 Å². The van der Waals surface area contributed by atoms with Crippen molar-refractivity contribution in [3.8, 4) is 11.3 Å². The maximum Gasteiger partial charge on any atom is 2.00 e. The minimum absolute atomic E-state index is 0. The molecule has 0 spiro atoms. The molecule has 2 aliphatic heterocycles. The van der Waals surface area contributed by atoms with Crippen LogP contribution in [-0.2, 0) is 54.6 Å². The van der Waals surface area contributed by atoms with Crippen LogP contribution in [0.25, 0.3) is 57.6 Å². The number of H-pyrrole nitrogens is 2. The maximum absolute atomic E-state index is 4.75. The predicted molar refractivity (Wildman–Crippen MR) is 122 cm³/mol. The third-order valence-corrected chi connectivity index (χ3v) is 5.11.